The Kier molecular flexibility index (Phi) is 5.52. The van der Waals surface area contributed by atoms with Crippen LogP contribution >= 0.6 is 11.3 Å². The molecule has 1 aromatic heterocycles. The molecule has 0 aliphatic carbocycles. The minimum absolute atomic E-state index is 0.0973. The zero-order chi connectivity index (χ0) is 18.9. The molecular weight excluding hydrogens is 345 g/mol. The van der Waals surface area contributed by atoms with E-state index in [0.717, 1.165) is 24.9 Å². The van der Waals surface area contributed by atoms with Gasteiger partial charge in [0.15, 0.2) is 0 Å². The van der Waals surface area contributed by atoms with Gasteiger partial charge in [0, 0.05) is 17.8 Å². The van der Waals surface area contributed by atoms with Crippen molar-refractivity contribution in [2.45, 2.75) is 53.0 Å². The smallest absolute Gasteiger partial charge is 0.223 e. The molecule has 2 unspecified atom stereocenters. The van der Waals surface area contributed by atoms with Gasteiger partial charge < -0.3 is 4.90 Å². The topological polar surface area (TPSA) is 20.3 Å². The maximum absolute atomic E-state index is 13.4. The second kappa shape index (κ2) is 7.51. The van der Waals surface area contributed by atoms with E-state index in [4.69, 9.17) is 0 Å². The number of fused-ring (bicyclic) bond motifs is 1. The largest absolute Gasteiger partial charge is 0.331 e. The fourth-order valence-corrected chi connectivity index (χ4v) is 5.03. The van der Waals surface area contributed by atoms with Gasteiger partial charge in [-0.05, 0) is 58.9 Å². The summed E-state index contributed by atoms with van der Waals surface area (Å²) >= 11 is 1.75. The van der Waals surface area contributed by atoms with Crippen LogP contribution < -0.4 is 0 Å². The maximum atomic E-state index is 13.4. The summed E-state index contributed by atoms with van der Waals surface area (Å²) in [5, 5.41) is 2.09. The number of benzene rings is 1. The first-order valence-electron chi connectivity index (χ1n) is 9.36. The molecule has 2 aromatic rings. The van der Waals surface area contributed by atoms with Crippen LogP contribution in [-0.2, 0) is 11.2 Å². The Hall–Kier alpha value is -1.68. The molecule has 2 nitrogen and oxygen atoms in total. The van der Waals surface area contributed by atoms with Crippen molar-refractivity contribution in [2.75, 3.05) is 6.54 Å². The fraction of sp³-hybridized carbons (Fsp3) is 0.500. The molecule has 1 aliphatic rings. The summed E-state index contributed by atoms with van der Waals surface area (Å²) in [6.45, 7) is 9.54. The second-order valence-electron chi connectivity index (χ2n) is 8.66. The van der Waals surface area contributed by atoms with Gasteiger partial charge in [-0.15, -0.1) is 11.3 Å². The van der Waals surface area contributed by atoms with Gasteiger partial charge in [0.1, 0.15) is 5.82 Å². The lowest BCUT2D eigenvalue weighted by molar-refractivity contribution is -0.134. The van der Waals surface area contributed by atoms with Crippen molar-refractivity contribution < 1.29 is 9.18 Å². The predicted molar refractivity (Wildman–Crippen MR) is 106 cm³/mol. The lowest BCUT2D eigenvalue weighted by atomic mass is 9.83. The third-order valence-electron chi connectivity index (χ3n) is 4.96. The van der Waals surface area contributed by atoms with Gasteiger partial charge in [0.2, 0.25) is 5.91 Å². The zero-order valence-corrected chi connectivity index (χ0v) is 16.9. The quantitative estimate of drug-likeness (QED) is 0.661. The Balaban J connectivity index is 1.85. The monoisotopic (exact) mass is 373 g/mol. The van der Waals surface area contributed by atoms with E-state index in [9.17, 15) is 9.18 Å². The molecule has 0 bridgehead atoms. The maximum Gasteiger partial charge on any atom is 0.223 e. The van der Waals surface area contributed by atoms with Crippen molar-refractivity contribution in [1.82, 2.24) is 4.90 Å². The summed E-state index contributed by atoms with van der Waals surface area (Å²) in [6.07, 6.45) is 2.50. The Labute approximate surface area is 160 Å². The average Bonchev–Trinajstić information content (AvgIpc) is 3.01. The standard InChI is InChI=1S/C22H28FNOS/c1-15(14-22(2,3)4)13-20(25)24-11-9-19-18(10-12-26-19)21(24)16-5-7-17(23)8-6-16/h5-8,10,12,15,21H,9,11,13-14H2,1-4H3. The molecule has 2 heterocycles. The number of thiophene rings is 1. The third kappa shape index (κ3) is 4.35. The van der Waals surface area contributed by atoms with E-state index in [1.807, 2.05) is 17.0 Å². The highest BCUT2D eigenvalue weighted by atomic mass is 32.1. The highest BCUT2D eigenvalue weighted by Gasteiger charge is 2.33. The van der Waals surface area contributed by atoms with Crippen LogP contribution in [0.25, 0.3) is 0 Å². The lowest BCUT2D eigenvalue weighted by Crippen LogP contribution is -2.40. The summed E-state index contributed by atoms with van der Waals surface area (Å²) in [5.41, 5.74) is 2.41. The summed E-state index contributed by atoms with van der Waals surface area (Å²) in [7, 11) is 0. The Morgan fingerprint density at radius 3 is 2.62 bits per heavy atom. The van der Waals surface area contributed by atoms with Crippen molar-refractivity contribution in [1.29, 1.82) is 0 Å². The Bertz CT molecular complexity index is 759. The van der Waals surface area contributed by atoms with Crippen LogP contribution in [-0.4, -0.2) is 17.4 Å². The first kappa shape index (κ1) is 19.1. The number of hydrogen-bond acceptors (Lipinski definition) is 2. The minimum Gasteiger partial charge on any atom is -0.331 e. The molecule has 0 N–H and O–H groups in total. The van der Waals surface area contributed by atoms with E-state index in [-0.39, 0.29) is 23.2 Å². The molecule has 4 heteroatoms. The number of rotatable bonds is 4. The van der Waals surface area contributed by atoms with Crippen LogP contribution in [0.2, 0.25) is 0 Å². The molecule has 3 rings (SSSR count). The number of hydrogen-bond donors (Lipinski definition) is 0. The first-order chi connectivity index (χ1) is 12.2. The highest BCUT2D eigenvalue weighted by molar-refractivity contribution is 7.10. The van der Waals surface area contributed by atoms with Gasteiger partial charge in [-0.1, -0.05) is 39.8 Å². The molecule has 0 saturated carbocycles. The fourth-order valence-electron chi connectivity index (χ4n) is 4.12. The molecule has 140 valence electrons. The van der Waals surface area contributed by atoms with Crippen molar-refractivity contribution in [3.8, 4) is 0 Å². The van der Waals surface area contributed by atoms with Gasteiger partial charge in [-0.2, -0.15) is 0 Å². The van der Waals surface area contributed by atoms with E-state index in [1.165, 1.54) is 22.6 Å². The van der Waals surface area contributed by atoms with E-state index in [2.05, 4.69) is 39.1 Å². The van der Waals surface area contributed by atoms with Crippen LogP contribution in [0.4, 0.5) is 4.39 Å². The Morgan fingerprint density at radius 1 is 1.27 bits per heavy atom. The summed E-state index contributed by atoms with van der Waals surface area (Å²) in [6, 6.07) is 8.62. The number of amides is 1. The zero-order valence-electron chi connectivity index (χ0n) is 16.1. The van der Waals surface area contributed by atoms with Crippen LogP contribution in [0, 0.1) is 17.2 Å². The molecule has 0 radical (unpaired) electrons. The van der Waals surface area contributed by atoms with Gasteiger partial charge in [0.25, 0.3) is 0 Å². The van der Waals surface area contributed by atoms with E-state index in [0.29, 0.717) is 12.3 Å². The molecule has 2 atom stereocenters. The van der Waals surface area contributed by atoms with E-state index < -0.39 is 0 Å². The summed E-state index contributed by atoms with van der Waals surface area (Å²) in [5.74, 6) is 0.306. The van der Waals surface area contributed by atoms with Gasteiger partial charge in [-0.25, -0.2) is 4.39 Å². The molecule has 1 amide bonds. The summed E-state index contributed by atoms with van der Waals surface area (Å²) < 4.78 is 13.4. The lowest BCUT2D eigenvalue weighted by Gasteiger charge is -2.37. The van der Waals surface area contributed by atoms with Gasteiger partial charge >= 0.3 is 0 Å². The number of nitrogens with zero attached hydrogens (tertiary/aromatic N) is 1. The highest BCUT2D eigenvalue weighted by Crippen LogP contribution is 2.38. The van der Waals surface area contributed by atoms with Gasteiger partial charge in [0.05, 0.1) is 6.04 Å². The van der Waals surface area contributed by atoms with Crippen molar-refractivity contribution in [3.63, 3.8) is 0 Å². The normalized spacial score (nSPS) is 18.5. The van der Waals surface area contributed by atoms with Gasteiger partial charge in [-0.3, -0.25) is 4.79 Å². The molecule has 1 aliphatic heterocycles. The third-order valence-corrected chi connectivity index (χ3v) is 5.95. The molecular formula is C22H28FNOS. The summed E-state index contributed by atoms with van der Waals surface area (Å²) in [4.78, 5) is 16.5. The van der Waals surface area contributed by atoms with Crippen molar-refractivity contribution in [3.05, 3.63) is 57.5 Å². The van der Waals surface area contributed by atoms with Crippen LogP contribution in [0.5, 0.6) is 0 Å². The van der Waals surface area contributed by atoms with Crippen molar-refractivity contribution in [2.24, 2.45) is 11.3 Å². The number of carbonyl (C=O) groups excluding carboxylic acids is 1. The molecule has 0 spiro atoms. The molecule has 26 heavy (non-hydrogen) atoms. The Morgan fingerprint density at radius 2 is 1.96 bits per heavy atom. The SMILES string of the molecule is CC(CC(=O)N1CCc2sccc2C1c1ccc(F)cc1)CC(C)(C)C. The molecule has 1 aromatic carbocycles. The minimum atomic E-state index is -0.244. The molecule has 0 saturated heterocycles. The van der Waals surface area contributed by atoms with Crippen LogP contribution in [0.3, 0.4) is 0 Å². The second-order valence-corrected chi connectivity index (χ2v) is 9.67. The number of carbonyl (C=O) groups is 1. The average molecular weight is 374 g/mol. The van der Waals surface area contributed by atoms with Crippen molar-refractivity contribution >= 4 is 17.2 Å². The van der Waals surface area contributed by atoms with Crippen LogP contribution in [0.15, 0.2) is 35.7 Å². The first-order valence-corrected chi connectivity index (χ1v) is 10.2. The van der Waals surface area contributed by atoms with E-state index in [1.54, 1.807) is 11.3 Å². The van der Waals surface area contributed by atoms with E-state index >= 15 is 0 Å². The molecule has 0 fully saturated rings. The van der Waals surface area contributed by atoms with Crippen LogP contribution in [0.1, 0.15) is 62.6 Å². The number of halogens is 1. The predicted octanol–water partition coefficient (Wildman–Crippen LogP) is 5.82.